The van der Waals surface area contributed by atoms with E-state index in [0.717, 1.165) is 70.0 Å². The number of halogens is 2. The van der Waals surface area contributed by atoms with Crippen LogP contribution in [0.2, 0.25) is 10.0 Å². The third-order valence-electron chi connectivity index (χ3n) is 5.86. The summed E-state index contributed by atoms with van der Waals surface area (Å²) in [6, 6.07) is 13.9. The molecule has 2 heterocycles. The van der Waals surface area contributed by atoms with E-state index in [0.29, 0.717) is 10.0 Å². The third kappa shape index (κ3) is 5.46. The average molecular weight is 448 g/mol. The van der Waals surface area contributed by atoms with Gasteiger partial charge in [0.2, 0.25) is 5.91 Å². The van der Waals surface area contributed by atoms with Crippen LogP contribution in [-0.2, 0) is 16.1 Å². The van der Waals surface area contributed by atoms with E-state index in [4.69, 9.17) is 27.9 Å². The number of ether oxygens (including phenoxy) is 1. The van der Waals surface area contributed by atoms with Gasteiger partial charge in [0.25, 0.3) is 0 Å². The van der Waals surface area contributed by atoms with Gasteiger partial charge < -0.3 is 15.0 Å². The Morgan fingerprint density at radius 2 is 1.67 bits per heavy atom. The maximum atomic E-state index is 12.7. The van der Waals surface area contributed by atoms with Crippen molar-refractivity contribution in [3.63, 3.8) is 0 Å². The Hall–Kier alpha value is -1.79. The number of carbonyl (C=O) groups is 1. The predicted molar refractivity (Wildman–Crippen MR) is 123 cm³/mol. The lowest BCUT2D eigenvalue weighted by Gasteiger charge is -2.31. The SMILES string of the molecule is O=C(Nc1ccc(N2CCOCC2)cc1)C1CCN(Cc2ccc(Cl)c(Cl)c2)CC1. The van der Waals surface area contributed by atoms with Crippen LogP contribution in [0.4, 0.5) is 11.4 Å². The smallest absolute Gasteiger partial charge is 0.227 e. The first-order valence-corrected chi connectivity index (χ1v) is 11.2. The van der Waals surface area contributed by atoms with Crippen molar-refractivity contribution in [3.05, 3.63) is 58.1 Å². The molecule has 30 heavy (non-hydrogen) atoms. The van der Waals surface area contributed by atoms with Gasteiger partial charge >= 0.3 is 0 Å². The van der Waals surface area contributed by atoms with Gasteiger partial charge in [-0.2, -0.15) is 0 Å². The van der Waals surface area contributed by atoms with Crippen molar-refractivity contribution >= 4 is 40.5 Å². The van der Waals surface area contributed by atoms with Gasteiger partial charge in [-0.15, -0.1) is 0 Å². The van der Waals surface area contributed by atoms with Gasteiger partial charge in [-0.25, -0.2) is 0 Å². The fraction of sp³-hybridized carbons (Fsp3) is 0.435. The van der Waals surface area contributed by atoms with Crippen LogP contribution in [0.3, 0.4) is 0 Å². The first-order chi connectivity index (χ1) is 14.6. The molecule has 2 saturated heterocycles. The molecule has 2 aliphatic heterocycles. The standard InChI is InChI=1S/C23H27Cl2N3O2/c24-21-6-1-17(15-22(21)25)16-27-9-7-18(8-10-27)23(29)26-19-2-4-20(5-3-19)28-11-13-30-14-12-28/h1-6,15,18H,7-14,16H2,(H,26,29). The van der Waals surface area contributed by atoms with Crippen molar-refractivity contribution in [2.24, 2.45) is 5.92 Å². The number of morpholine rings is 1. The van der Waals surface area contributed by atoms with Crippen LogP contribution in [0.1, 0.15) is 18.4 Å². The maximum Gasteiger partial charge on any atom is 0.227 e. The molecule has 2 aromatic carbocycles. The molecule has 1 N–H and O–H groups in total. The molecule has 0 aliphatic carbocycles. The quantitative estimate of drug-likeness (QED) is 0.722. The molecule has 160 valence electrons. The average Bonchev–Trinajstić information content (AvgIpc) is 2.78. The number of amides is 1. The van der Waals surface area contributed by atoms with Crippen LogP contribution in [0.5, 0.6) is 0 Å². The Morgan fingerprint density at radius 1 is 0.967 bits per heavy atom. The second-order valence-corrected chi connectivity index (χ2v) is 8.75. The second kappa shape index (κ2) is 10.0. The van der Waals surface area contributed by atoms with E-state index in [1.165, 1.54) is 5.69 Å². The van der Waals surface area contributed by atoms with E-state index in [-0.39, 0.29) is 11.8 Å². The Labute approximate surface area is 187 Å². The Bertz CT molecular complexity index is 861. The highest BCUT2D eigenvalue weighted by Gasteiger charge is 2.25. The van der Waals surface area contributed by atoms with Gasteiger partial charge in [-0.3, -0.25) is 9.69 Å². The summed E-state index contributed by atoms with van der Waals surface area (Å²) in [5.74, 6) is 0.164. The fourth-order valence-electron chi connectivity index (χ4n) is 4.07. The summed E-state index contributed by atoms with van der Waals surface area (Å²) in [7, 11) is 0. The van der Waals surface area contributed by atoms with Gasteiger partial charge in [-0.1, -0.05) is 29.3 Å². The number of anilines is 2. The van der Waals surface area contributed by atoms with Crippen LogP contribution in [-0.4, -0.2) is 50.2 Å². The van der Waals surface area contributed by atoms with E-state index in [1.54, 1.807) is 0 Å². The van der Waals surface area contributed by atoms with Crippen LogP contribution in [0.25, 0.3) is 0 Å². The molecule has 0 bridgehead atoms. The summed E-state index contributed by atoms with van der Waals surface area (Å²) >= 11 is 12.1. The molecular formula is C23H27Cl2N3O2. The Balaban J connectivity index is 1.25. The minimum atomic E-state index is 0.0500. The molecule has 1 amide bonds. The molecule has 2 aliphatic rings. The lowest BCUT2D eigenvalue weighted by Crippen LogP contribution is -2.37. The van der Waals surface area contributed by atoms with E-state index >= 15 is 0 Å². The van der Waals surface area contributed by atoms with Gasteiger partial charge in [0.05, 0.1) is 23.3 Å². The molecule has 0 aromatic heterocycles. The van der Waals surface area contributed by atoms with Crippen molar-refractivity contribution in [2.45, 2.75) is 19.4 Å². The second-order valence-electron chi connectivity index (χ2n) is 7.93. The van der Waals surface area contributed by atoms with Crippen molar-refractivity contribution in [3.8, 4) is 0 Å². The summed E-state index contributed by atoms with van der Waals surface area (Å²) in [6.07, 6.45) is 1.72. The molecule has 2 fully saturated rings. The molecule has 0 spiro atoms. The van der Waals surface area contributed by atoms with Crippen molar-refractivity contribution in [1.82, 2.24) is 4.90 Å². The summed E-state index contributed by atoms with van der Waals surface area (Å²) in [5.41, 5.74) is 3.18. The van der Waals surface area contributed by atoms with Crippen molar-refractivity contribution in [2.75, 3.05) is 49.6 Å². The number of piperidine rings is 1. The first-order valence-electron chi connectivity index (χ1n) is 10.5. The zero-order valence-corrected chi connectivity index (χ0v) is 18.5. The minimum absolute atomic E-state index is 0.0500. The molecule has 0 radical (unpaired) electrons. The molecule has 0 unspecified atom stereocenters. The minimum Gasteiger partial charge on any atom is -0.378 e. The normalized spacial score (nSPS) is 18.4. The maximum absolute atomic E-state index is 12.7. The number of benzene rings is 2. The molecule has 4 rings (SSSR count). The predicted octanol–water partition coefficient (Wildman–Crippen LogP) is 4.68. The highest BCUT2D eigenvalue weighted by molar-refractivity contribution is 6.42. The molecule has 0 saturated carbocycles. The van der Waals surface area contributed by atoms with Gasteiger partial charge in [0.1, 0.15) is 0 Å². The molecule has 0 atom stereocenters. The van der Waals surface area contributed by atoms with E-state index in [2.05, 4.69) is 27.2 Å². The largest absolute Gasteiger partial charge is 0.378 e. The molecular weight excluding hydrogens is 421 g/mol. The molecule has 7 heteroatoms. The number of hydrogen-bond acceptors (Lipinski definition) is 4. The highest BCUT2D eigenvalue weighted by Crippen LogP contribution is 2.26. The lowest BCUT2D eigenvalue weighted by atomic mass is 9.95. The van der Waals surface area contributed by atoms with Crippen LogP contribution in [0, 0.1) is 5.92 Å². The number of nitrogens with zero attached hydrogens (tertiary/aromatic N) is 2. The Morgan fingerprint density at radius 3 is 2.33 bits per heavy atom. The monoisotopic (exact) mass is 447 g/mol. The molecule has 2 aromatic rings. The third-order valence-corrected chi connectivity index (χ3v) is 6.60. The van der Waals surface area contributed by atoms with Gasteiger partial charge in [0, 0.05) is 36.9 Å². The number of hydrogen-bond donors (Lipinski definition) is 1. The zero-order chi connectivity index (χ0) is 20.9. The topological polar surface area (TPSA) is 44.8 Å². The van der Waals surface area contributed by atoms with E-state index in [9.17, 15) is 4.79 Å². The van der Waals surface area contributed by atoms with Crippen molar-refractivity contribution in [1.29, 1.82) is 0 Å². The first kappa shape index (κ1) is 21.4. The molecule has 5 nitrogen and oxygen atoms in total. The van der Waals surface area contributed by atoms with Crippen LogP contribution in [0.15, 0.2) is 42.5 Å². The number of nitrogens with one attached hydrogen (secondary N) is 1. The summed E-state index contributed by atoms with van der Waals surface area (Å²) in [4.78, 5) is 17.4. The van der Waals surface area contributed by atoms with Gasteiger partial charge in [-0.05, 0) is 67.9 Å². The summed E-state index contributed by atoms with van der Waals surface area (Å²) in [6.45, 7) is 5.97. The number of rotatable bonds is 5. The zero-order valence-electron chi connectivity index (χ0n) is 16.9. The number of likely N-dealkylation sites (tertiary alicyclic amines) is 1. The number of carbonyl (C=O) groups excluding carboxylic acids is 1. The Kier molecular flexibility index (Phi) is 7.16. The summed E-state index contributed by atoms with van der Waals surface area (Å²) in [5, 5.41) is 4.25. The fourth-order valence-corrected chi connectivity index (χ4v) is 4.39. The van der Waals surface area contributed by atoms with Crippen LogP contribution < -0.4 is 10.2 Å². The highest BCUT2D eigenvalue weighted by atomic mass is 35.5. The van der Waals surface area contributed by atoms with E-state index < -0.39 is 0 Å². The summed E-state index contributed by atoms with van der Waals surface area (Å²) < 4.78 is 5.40. The van der Waals surface area contributed by atoms with Crippen molar-refractivity contribution < 1.29 is 9.53 Å². The van der Waals surface area contributed by atoms with E-state index in [1.807, 2.05) is 30.3 Å². The van der Waals surface area contributed by atoms with Crippen LogP contribution >= 0.6 is 23.2 Å². The van der Waals surface area contributed by atoms with Gasteiger partial charge in [0.15, 0.2) is 0 Å². The lowest BCUT2D eigenvalue weighted by molar-refractivity contribution is -0.121.